The van der Waals surface area contributed by atoms with Crippen molar-refractivity contribution in [2.45, 2.75) is 71.3 Å². The van der Waals surface area contributed by atoms with E-state index < -0.39 is 0 Å². The Bertz CT molecular complexity index is 1010. The smallest absolute Gasteiger partial charge is 0.262 e. The summed E-state index contributed by atoms with van der Waals surface area (Å²) in [6.07, 6.45) is 2.02. The molecule has 1 heterocycles. The lowest BCUT2D eigenvalue weighted by atomic mass is 9.80. The summed E-state index contributed by atoms with van der Waals surface area (Å²) in [5.74, 6) is 0.137. The van der Waals surface area contributed by atoms with Gasteiger partial charge in [-0.2, -0.15) is 0 Å². The van der Waals surface area contributed by atoms with Crippen LogP contribution in [0.5, 0.6) is 5.75 Å². The molecule has 1 atom stereocenters. The molecule has 1 unspecified atom stereocenters. The monoisotopic (exact) mass is 466 g/mol. The van der Waals surface area contributed by atoms with Gasteiger partial charge in [0, 0.05) is 13.2 Å². The molecular formula is C28H38N2O4. The summed E-state index contributed by atoms with van der Waals surface area (Å²) >= 11 is 0. The molecule has 6 nitrogen and oxygen atoms in total. The van der Waals surface area contributed by atoms with E-state index in [0.29, 0.717) is 23.5 Å². The lowest BCUT2D eigenvalue weighted by Gasteiger charge is -2.27. The van der Waals surface area contributed by atoms with Crippen LogP contribution in [0.25, 0.3) is 0 Å². The molecule has 0 aromatic heterocycles. The van der Waals surface area contributed by atoms with Crippen LogP contribution in [-0.2, 0) is 20.4 Å². The van der Waals surface area contributed by atoms with Crippen molar-refractivity contribution in [1.82, 2.24) is 5.32 Å². The molecule has 2 aromatic carbocycles. The molecule has 0 aliphatic carbocycles. The van der Waals surface area contributed by atoms with Gasteiger partial charge in [0.1, 0.15) is 5.75 Å². The lowest BCUT2D eigenvalue weighted by Crippen LogP contribution is -2.32. The molecule has 0 spiro atoms. The van der Waals surface area contributed by atoms with Crippen molar-refractivity contribution in [3.63, 3.8) is 0 Å². The molecule has 1 aliphatic rings. The number of ether oxygens (including phenoxy) is 2. The van der Waals surface area contributed by atoms with Gasteiger partial charge in [0.05, 0.1) is 17.4 Å². The number of carbonyl (C=O) groups excluding carboxylic acids is 2. The number of hydrogen-bond donors (Lipinski definition) is 2. The van der Waals surface area contributed by atoms with Crippen LogP contribution >= 0.6 is 0 Å². The number of amides is 2. The lowest BCUT2D eigenvalue weighted by molar-refractivity contribution is -0.118. The van der Waals surface area contributed by atoms with Crippen molar-refractivity contribution < 1.29 is 19.1 Å². The second-order valence-corrected chi connectivity index (χ2v) is 10.9. The molecule has 6 heteroatoms. The fraction of sp³-hybridized carbons (Fsp3) is 0.500. The third-order valence-electron chi connectivity index (χ3n) is 5.97. The Labute approximate surface area is 203 Å². The number of anilines is 1. The molecule has 2 amide bonds. The summed E-state index contributed by atoms with van der Waals surface area (Å²) < 4.78 is 11.5. The largest absolute Gasteiger partial charge is 0.483 e. The van der Waals surface area contributed by atoms with Crippen LogP contribution in [0.3, 0.4) is 0 Å². The molecule has 2 N–H and O–H groups in total. The molecule has 184 valence electrons. The van der Waals surface area contributed by atoms with Crippen molar-refractivity contribution in [3.05, 3.63) is 59.2 Å². The second kappa shape index (κ2) is 10.6. The Morgan fingerprint density at radius 3 is 2.41 bits per heavy atom. The summed E-state index contributed by atoms with van der Waals surface area (Å²) in [6, 6.07) is 13.1. The van der Waals surface area contributed by atoms with Crippen LogP contribution in [0.1, 0.15) is 75.9 Å². The van der Waals surface area contributed by atoms with Gasteiger partial charge in [-0.05, 0) is 53.0 Å². The van der Waals surface area contributed by atoms with E-state index in [4.69, 9.17) is 9.47 Å². The van der Waals surface area contributed by atoms with Crippen molar-refractivity contribution in [3.8, 4) is 5.75 Å². The normalized spacial score (nSPS) is 16.2. The number of nitrogens with one attached hydrogen (secondary N) is 2. The van der Waals surface area contributed by atoms with E-state index in [-0.39, 0.29) is 35.4 Å². The fourth-order valence-electron chi connectivity index (χ4n) is 3.94. The van der Waals surface area contributed by atoms with Gasteiger partial charge >= 0.3 is 0 Å². The van der Waals surface area contributed by atoms with Gasteiger partial charge in [-0.25, -0.2) is 0 Å². The average Bonchev–Trinajstić information content (AvgIpc) is 3.29. The van der Waals surface area contributed by atoms with E-state index in [1.54, 1.807) is 24.3 Å². The van der Waals surface area contributed by atoms with E-state index in [2.05, 4.69) is 64.3 Å². The fourth-order valence-corrected chi connectivity index (χ4v) is 3.94. The first-order valence-corrected chi connectivity index (χ1v) is 12.0. The molecular weight excluding hydrogens is 428 g/mol. The highest BCUT2D eigenvalue weighted by Gasteiger charge is 2.24. The van der Waals surface area contributed by atoms with Gasteiger partial charge in [0.25, 0.3) is 11.8 Å². The Kier molecular flexibility index (Phi) is 8.03. The van der Waals surface area contributed by atoms with E-state index in [1.807, 2.05) is 6.07 Å². The Morgan fingerprint density at radius 2 is 1.76 bits per heavy atom. The molecule has 3 rings (SSSR count). The minimum atomic E-state index is -0.320. The van der Waals surface area contributed by atoms with Crippen LogP contribution < -0.4 is 15.4 Å². The summed E-state index contributed by atoms with van der Waals surface area (Å²) in [5, 5.41) is 5.73. The average molecular weight is 467 g/mol. The van der Waals surface area contributed by atoms with Crippen LogP contribution in [0.4, 0.5) is 5.69 Å². The van der Waals surface area contributed by atoms with Gasteiger partial charge in [-0.15, -0.1) is 0 Å². The molecule has 1 saturated heterocycles. The molecule has 34 heavy (non-hydrogen) atoms. The van der Waals surface area contributed by atoms with Gasteiger partial charge in [0.15, 0.2) is 6.61 Å². The maximum absolute atomic E-state index is 12.7. The van der Waals surface area contributed by atoms with Crippen LogP contribution in [0.15, 0.2) is 42.5 Å². The molecule has 2 aromatic rings. The molecule has 0 radical (unpaired) electrons. The van der Waals surface area contributed by atoms with Crippen molar-refractivity contribution in [2.24, 2.45) is 0 Å². The quantitative estimate of drug-likeness (QED) is 0.587. The zero-order valence-electron chi connectivity index (χ0n) is 21.3. The Morgan fingerprint density at radius 1 is 1.03 bits per heavy atom. The maximum atomic E-state index is 12.7. The molecule has 1 fully saturated rings. The minimum absolute atomic E-state index is 0.0179. The van der Waals surface area contributed by atoms with Crippen LogP contribution in [0, 0.1) is 0 Å². The van der Waals surface area contributed by atoms with Crippen molar-refractivity contribution in [1.29, 1.82) is 0 Å². The topological polar surface area (TPSA) is 76.7 Å². The van der Waals surface area contributed by atoms with E-state index in [9.17, 15) is 9.59 Å². The van der Waals surface area contributed by atoms with Crippen LogP contribution in [0.2, 0.25) is 0 Å². The first-order valence-electron chi connectivity index (χ1n) is 12.0. The van der Waals surface area contributed by atoms with Crippen molar-refractivity contribution >= 4 is 17.5 Å². The van der Waals surface area contributed by atoms with E-state index in [1.165, 1.54) is 5.56 Å². The zero-order valence-corrected chi connectivity index (χ0v) is 21.3. The number of benzene rings is 2. The predicted octanol–water partition coefficient (Wildman–Crippen LogP) is 5.21. The molecule has 0 bridgehead atoms. The maximum Gasteiger partial charge on any atom is 0.262 e. The number of para-hydroxylation sites is 1. The SMILES string of the molecule is CC(C)(C)c1ccc(OCC(=O)Nc2ccccc2C(=O)NCC2CCCO2)c(C(C)(C)C)c1. The first-order chi connectivity index (χ1) is 15.9. The second-order valence-electron chi connectivity index (χ2n) is 10.9. The third kappa shape index (κ3) is 6.83. The minimum Gasteiger partial charge on any atom is -0.483 e. The standard InChI is InChI=1S/C28H38N2O4/c1-27(2,3)19-13-14-24(22(16-19)28(4,5)6)34-18-25(31)30-23-12-8-7-11-21(23)26(32)29-17-20-10-9-15-33-20/h7-8,11-14,16,20H,9-10,15,17-18H2,1-6H3,(H,29,32)(H,30,31). The van der Waals surface area contributed by atoms with Gasteiger partial charge < -0.3 is 20.1 Å². The van der Waals surface area contributed by atoms with E-state index in [0.717, 1.165) is 25.0 Å². The third-order valence-corrected chi connectivity index (χ3v) is 5.97. The van der Waals surface area contributed by atoms with Gasteiger partial charge in [0.2, 0.25) is 0 Å². The molecule has 0 saturated carbocycles. The molecule has 1 aliphatic heterocycles. The highest BCUT2D eigenvalue weighted by molar-refractivity contribution is 6.04. The summed E-state index contributed by atoms with van der Waals surface area (Å²) in [6.45, 7) is 14.0. The van der Waals surface area contributed by atoms with E-state index >= 15 is 0 Å². The predicted molar refractivity (Wildman–Crippen MR) is 136 cm³/mol. The summed E-state index contributed by atoms with van der Waals surface area (Å²) in [5.41, 5.74) is 3.03. The van der Waals surface area contributed by atoms with Crippen molar-refractivity contribution in [2.75, 3.05) is 25.1 Å². The number of rotatable bonds is 7. The summed E-state index contributed by atoms with van der Waals surface area (Å²) in [4.78, 5) is 25.4. The number of carbonyl (C=O) groups is 2. The summed E-state index contributed by atoms with van der Waals surface area (Å²) in [7, 11) is 0. The Hall–Kier alpha value is -2.86. The van der Waals surface area contributed by atoms with Gasteiger partial charge in [-0.1, -0.05) is 65.8 Å². The highest BCUT2D eigenvalue weighted by Crippen LogP contribution is 2.35. The first kappa shape index (κ1) is 25.8. The highest BCUT2D eigenvalue weighted by atomic mass is 16.5. The zero-order chi connectivity index (χ0) is 24.9. The van der Waals surface area contributed by atoms with Gasteiger partial charge in [-0.3, -0.25) is 9.59 Å². The van der Waals surface area contributed by atoms with Crippen LogP contribution in [-0.4, -0.2) is 37.7 Å². The number of hydrogen-bond acceptors (Lipinski definition) is 4. The Balaban J connectivity index is 1.66.